The van der Waals surface area contributed by atoms with Gasteiger partial charge in [0.15, 0.2) is 0 Å². The predicted octanol–water partition coefficient (Wildman–Crippen LogP) is 2.12. The smallest absolute Gasteiger partial charge is 0.306 e. The van der Waals surface area contributed by atoms with Crippen molar-refractivity contribution in [2.45, 2.75) is 63.3 Å². The molecular weight excluding hydrogens is 424 g/mol. The first kappa shape index (κ1) is 26.9. The van der Waals surface area contributed by atoms with Crippen LogP contribution in [-0.2, 0) is 20.7 Å². The lowest BCUT2D eigenvalue weighted by atomic mass is 9.90. The van der Waals surface area contributed by atoms with Crippen LogP contribution in [0, 0.1) is 11.8 Å². The average molecular weight is 461 g/mol. The highest BCUT2D eigenvalue weighted by atomic mass is 16.6. The average Bonchev–Trinajstić information content (AvgIpc) is 3.09. The largest absolute Gasteiger partial charge is 0.457 e. The Bertz CT molecular complexity index is 770. The molecule has 1 aromatic carbocycles. The van der Waals surface area contributed by atoms with Crippen LogP contribution in [0.2, 0.25) is 0 Å². The van der Waals surface area contributed by atoms with Gasteiger partial charge in [0.05, 0.1) is 25.4 Å². The number of benzene rings is 1. The fraction of sp³-hybridized carbons (Fsp3) is 0.538. The predicted molar refractivity (Wildman–Crippen MR) is 124 cm³/mol. The molecule has 0 bridgehead atoms. The summed E-state index contributed by atoms with van der Waals surface area (Å²) >= 11 is 0. The van der Waals surface area contributed by atoms with E-state index in [1.54, 1.807) is 12.2 Å². The van der Waals surface area contributed by atoms with Gasteiger partial charge in [-0.15, -0.1) is 0 Å². The van der Waals surface area contributed by atoms with Crippen LogP contribution in [0.4, 0.5) is 0 Å². The van der Waals surface area contributed by atoms with E-state index in [-0.39, 0.29) is 30.5 Å². The first-order valence-electron chi connectivity index (χ1n) is 11.6. The number of rotatable bonds is 14. The maximum absolute atomic E-state index is 12.3. The Morgan fingerprint density at radius 3 is 2.58 bits per heavy atom. The van der Waals surface area contributed by atoms with Crippen LogP contribution in [0.15, 0.2) is 54.6 Å². The number of allylic oxidation sites excluding steroid dienone is 2. The summed E-state index contributed by atoms with van der Waals surface area (Å²) in [4.78, 5) is 23.9. The molecule has 1 aliphatic rings. The van der Waals surface area contributed by atoms with Gasteiger partial charge in [0.2, 0.25) is 0 Å². The van der Waals surface area contributed by atoms with Crippen molar-refractivity contribution in [2.24, 2.45) is 11.8 Å². The second kappa shape index (κ2) is 14.8. The first-order chi connectivity index (χ1) is 15.9. The van der Waals surface area contributed by atoms with E-state index in [9.17, 15) is 19.8 Å². The monoisotopic (exact) mass is 460 g/mol. The van der Waals surface area contributed by atoms with Crippen molar-refractivity contribution in [2.75, 3.05) is 13.2 Å². The number of hydrogen-bond donors (Lipinski definition) is 4. The van der Waals surface area contributed by atoms with Crippen molar-refractivity contribution in [3.05, 3.63) is 60.2 Å². The number of ether oxygens (including phenoxy) is 1. The molecule has 0 spiro atoms. The molecule has 1 aromatic rings. The van der Waals surface area contributed by atoms with Crippen LogP contribution in [0.1, 0.15) is 44.1 Å². The van der Waals surface area contributed by atoms with E-state index in [4.69, 9.17) is 14.9 Å². The summed E-state index contributed by atoms with van der Waals surface area (Å²) in [6.45, 7) is -0.827. The van der Waals surface area contributed by atoms with E-state index in [2.05, 4.69) is 0 Å². The van der Waals surface area contributed by atoms with Crippen LogP contribution >= 0.6 is 0 Å². The molecule has 2 unspecified atom stereocenters. The van der Waals surface area contributed by atoms with Crippen LogP contribution < -0.4 is 0 Å². The van der Waals surface area contributed by atoms with Crippen LogP contribution in [-0.4, -0.2) is 63.7 Å². The first-order valence-corrected chi connectivity index (χ1v) is 11.6. The molecule has 1 aliphatic carbocycles. The van der Waals surface area contributed by atoms with Crippen molar-refractivity contribution in [1.82, 2.24) is 0 Å². The third-order valence-corrected chi connectivity index (χ3v) is 5.87. The normalized spacial score (nSPS) is 22.0. The van der Waals surface area contributed by atoms with Gasteiger partial charge in [-0.3, -0.25) is 9.59 Å². The molecule has 1 saturated carbocycles. The Hall–Kier alpha value is -2.32. The van der Waals surface area contributed by atoms with Crippen molar-refractivity contribution < 1.29 is 34.8 Å². The quantitative estimate of drug-likeness (QED) is 0.190. The molecule has 2 rings (SSSR count). The Morgan fingerprint density at radius 2 is 1.88 bits per heavy atom. The Labute approximate surface area is 195 Å². The molecule has 1 fully saturated rings. The van der Waals surface area contributed by atoms with Gasteiger partial charge in [-0.1, -0.05) is 54.6 Å². The maximum atomic E-state index is 12.3. The number of carbonyl (C=O) groups is 2. The van der Waals surface area contributed by atoms with E-state index in [0.29, 0.717) is 25.7 Å². The lowest BCUT2D eigenvalue weighted by Crippen LogP contribution is -2.25. The molecule has 33 heavy (non-hydrogen) atoms. The summed E-state index contributed by atoms with van der Waals surface area (Å²) in [6, 6.07) is 9.91. The molecule has 7 nitrogen and oxygen atoms in total. The maximum Gasteiger partial charge on any atom is 0.306 e. The van der Waals surface area contributed by atoms with Crippen molar-refractivity contribution in [3.8, 4) is 0 Å². The molecule has 4 atom stereocenters. The SMILES string of the molecule is O=C(CCC/C=C\C[C@H]1C(=O)CC(O)[C@@H]1/C=C/C(O)CCc1ccccc1)OC(CO)CO. The van der Waals surface area contributed by atoms with Gasteiger partial charge in [-0.2, -0.15) is 0 Å². The third kappa shape index (κ3) is 9.60. The summed E-state index contributed by atoms with van der Waals surface area (Å²) < 4.78 is 4.90. The molecule has 0 aromatic heterocycles. The number of carbonyl (C=O) groups excluding carboxylic acids is 2. The fourth-order valence-electron chi connectivity index (χ4n) is 3.94. The van der Waals surface area contributed by atoms with Gasteiger partial charge < -0.3 is 25.2 Å². The minimum Gasteiger partial charge on any atom is -0.457 e. The highest BCUT2D eigenvalue weighted by molar-refractivity contribution is 5.84. The van der Waals surface area contributed by atoms with Crippen molar-refractivity contribution >= 4 is 11.8 Å². The van der Waals surface area contributed by atoms with Crippen LogP contribution in [0.5, 0.6) is 0 Å². The standard InChI is InChI=1S/C26H36O7/c27-17-21(18-28)33-26(32)11-7-2-1-6-10-22-23(25(31)16-24(22)30)15-14-20(29)13-12-19-8-4-3-5-9-19/h1,3-6,8-9,14-15,20-23,25,27-29,31H,2,7,10-13,16-18H2/b6-1-,15-14+/t20?,22-,23-,25?/m1/s1. The highest BCUT2D eigenvalue weighted by Crippen LogP contribution is 2.33. The van der Waals surface area contributed by atoms with Gasteiger partial charge in [0.1, 0.15) is 11.9 Å². The molecule has 0 amide bonds. The number of aliphatic hydroxyl groups is 4. The molecule has 0 saturated heterocycles. The minimum atomic E-state index is -0.880. The van der Waals surface area contributed by atoms with Crippen LogP contribution in [0.3, 0.4) is 0 Å². The molecular formula is C26H36O7. The number of aliphatic hydroxyl groups excluding tert-OH is 4. The summed E-state index contributed by atoms with van der Waals surface area (Å²) in [5.74, 6) is -1.10. The van der Waals surface area contributed by atoms with Gasteiger partial charge >= 0.3 is 5.97 Å². The van der Waals surface area contributed by atoms with Gasteiger partial charge in [0, 0.05) is 24.7 Å². The van der Waals surface area contributed by atoms with Gasteiger partial charge in [-0.25, -0.2) is 0 Å². The third-order valence-electron chi connectivity index (χ3n) is 5.87. The second-order valence-corrected chi connectivity index (χ2v) is 8.47. The number of unbranched alkanes of at least 4 members (excludes halogenated alkanes) is 1. The Morgan fingerprint density at radius 1 is 1.15 bits per heavy atom. The lowest BCUT2D eigenvalue weighted by molar-refractivity contribution is -0.153. The lowest BCUT2D eigenvalue weighted by Gasteiger charge is -2.16. The number of Topliss-reactive ketones (excluding diaryl/α,β-unsaturated/α-hetero) is 1. The zero-order valence-electron chi connectivity index (χ0n) is 19.0. The van der Waals surface area contributed by atoms with Gasteiger partial charge in [-0.05, 0) is 37.7 Å². The molecule has 0 radical (unpaired) electrons. The molecule has 4 N–H and O–H groups in total. The number of hydrogen-bond acceptors (Lipinski definition) is 7. The van der Waals surface area contributed by atoms with E-state index >= 15 is 0 Å². The van der Waals surface area contributed by atoms with Crippen molar-refractivity contribution in [3.63, 3.8) is 0 Å². The zero-order chi connectivity index (χ0) is 24.1. The molecule has 182 valence electrons. The zero-order valence-corrected chi connectivity index (χ0v) is 19.0. The van der Waals surface area contributed by atoms with Crippen LogP contribution in [0.25, 0.3) is 0 Å². The number of ketones is 1. The summed E-state index contributed by atoms with van der Waals surface area (Å²) in [7, 11) is 0. The van der Waals surface area contributed by atoms with E-state index in [0.717, 1.165) is 12.0 Å². The highest BCUT2D eigenvalue weighted by Gasteiger charge is 2.39. The Kier molecular flexibility index (Phi) is 12.0. The molecule has 7 heteroatoms. The van der Waals surface area contributed by atoms with E-state index in [1.807, 2.05) is 42.5 Å². The van der Waals surface area contributed by atoms with Gasteiger partial charge in [0.25, 0.3) is 0 Å². The van der Waals surface area contributed by atoms with E-state index < -0.39 is 37.5 Å². The summed E-state index contributed by atoms with van der Waals surface area (Å²) in [6.07, 6.45) is 8.28. The molecule has 0 heterocycles. The topological polar surface area (TPSA) is 124 Å². The number of aryl methyl sites for hydroxylation is 1. The van der Waals surface area contributed by atoms with Crippen molar-refractivity contribution in [1.29, 1.82) is 0 Å². The number of esters is 1. The second-order valence-electron chi connectivity index (χ2n) is 8.47. The fourth-order valence-corrected chi connectivity index (χ4v) is 3.94. The summed E-state index contributed by atoms with van der Waals surface area (Å²) in [5, 5.41) is 38.4. The Balaban J connectivity index is 1.75. The molecule has 0 aliphatic heterocycles. The van der Waals surface area contributed by atoms with E-state index in [1.165, 1.54) is 0 Å². The summed E-state index contributed by atoms with van der Waals surface area (Å²) in [5.41, 5.74) is 1.15. The minimum absolute atomic E-state index is 0.0169.